The van der Waals surface area contributed by atoms with E-state index in [2.05, 4.69) is 85.8 Å². The molecule has 3 aliphatic rings. The van der Waals surface area contributed by atoms with Crippen molar-refractivity contribution in [2.24, 2.45) is 11.8 Å². The summed E-state index contributed by atoms with van der Waals surface area (Å²) in [6, 6.07) is 19.4. The van der Waals surface area contributed by atoms with E-state index < -0.39 is 35.3 Å². The first-order valence-electron chi connectivity index (χ1n) is 23.1. The molecule has 1 aliphatic heterocycles. The lowest BCUT2D eigenvalue weighted by Gasteiger charge is -2.38. The molecule has 15 nitrogen and oxygen atoms in total. The second-order valence-corrected chi connectivity index (χ2v) is 18.6. The smallest absolute Gasteiger partial charge is 0.407 e. The summed E-state index contributed by atoms with van der Waals surface area (Å²) >= 11 is 0. The Hall–Kier alpha value is -6.38. The number of nitrogens with zero attached hydrogens (tertiary/aromatic N) is 2. The predicted molar refractivity (Wildman–Crippen MR) is 248 cm³/mol. The molecule has 0 radical (unpaired) electrons. The highest BCUT2D eigenvalue weighted by molar-refractivity contribution is 5.88. The van der Waals surface area contributed by atoms with Crippen LogP contribution in [0.4, 0.5) is 9.59 Å². The highest BCUT2D eigenvalue weighted by Gasteiger charge is 2.43. The average molecular weight is 887 g/mol. The van der Waals surface area contributed by atoms with Crippen LogP contribution < -0.4 is 26.0 Å². The number of carbonyl (C=O) groups is 4. The zero-order valence-corrected chi connectivity index (χ0v) is 38.3. The van der Waals surface area contributed by atoms with Gasteiger partial charge in [0, 0.05) is 17.7 Å². The molecular formula is C50H62N8O7. The fourth-order valence-corrected chi connectivity index (χ4v) is 9.81. The van der Waals surface area contributed by atoms with Crippen LogP contribution in [0.3, 0.4) is 0 Å². The number of carbonyl (C=O) groups excluding carboxylic acids is 4. The van der Waals surface area contributed by atoms with Crippen molar-refractivity contribution in [2.45, 2.75) is 121 Å². The third-order valence-corrected chi connectivity index (χ3v) is 13.5. The largest absolute Gasteiger partial charge is 0.492 e. The molecule has 5 aromatic rings. The summed E-state index contributed by atoms with van der Waals surface area (Å²) in [7, 11) is 2.58. The van der Waals surface area contributed by atoms with Gasteiger partial charge in [-0.05, 0) is 84.0 Å². The molecular weight excluding hydrogens is 825 g/mol. The first-order valence-corrected chi connectivity index (χ1v) is 23.1. The molecule has 3 heterocycles. The summed E-state index contributed by atoms with van der Waals surface area (Å²) in [5.74, 6) is 1.40. The van der Waals surface area contributed by atoms with Crippen LogP contribution in [0.2, 0.25) is 0 Å². The van der Waals surface area contributed by atoms with Crippen molar-refractivity contribution < 1.29 is 33.4 Å². The number of nitrogens with one attached hydrogen (secondary N) is 6. The number of hydrogen-bond acceptors (Lipinski definition) is 9. The predicted octanol–water partition coefficient (Wildman–Crippen LogP) is 8.53. The molecule has 15 heteroatoms. The lowest BCUT2D eigenvalue weighted by atomic mass is 9.80. The molecule has 0 saturated heterocycles. The van der Waals surface area contributed by atoms with Crippen molar-refractivity contribution in [1.82, 2.24) is 41.2 Å². The minimum atomic E-state index is -0.756. The molecule has 1 unspecified atom stereocenters. The van der Waals surface area contributed by atoms with Gasteiger partial charge in [0.2, 0.25) is 11.8 Å². The maximum atomic E-state index is 13.8. The zero-order chi connectivity index (χ0) is 45.9. The number of H-pyrrole nitrogens is 2. The summed E-state index contributed by atoms with van der Waals surface area (Å²) in [5, 5.41) is 12.1. The van der Waals surface area contributed by atoms with Crippen molar-refractivity contribution in [2.75, 3.05) is 20.8 Å². The van der Waals surface area contributed by atoms with E-state index in [1.165, 1.54) is 14.2 Å². The quantitative estimate of drug-likeness (QED) is 0.0710. The maximum Gasteiger partial charge on any atom is 0.407 e. The van der Waals surface area contributed by atoms with Crippen molar-refractivity contribution in [3.63, 3.8) is 0 Å². The number of hydrogen-bond donors (Lipinski definition) is 6. The van der Waals surface area contributed by atoms with Crippen molar-refractivity contribution in [1.29, 1.82) is 0 Å². The maximum absolute atomic E-state index is 13.8. The number of ether oxygens (including phenoxy) is 3. The van der Waals surface area contributed by atoms with Crippen molar-refractivity contribution >= 4 is 35.0 Å². The Labute approximate surface area is 380 Å². The number of benzene rings is 3. The number of rotatable bonds is 12. The third-order valence-electron chi connectivity index (χ3n) is 13.5. The van der Waals surface area contributed by atoms with E-state index in [9.17, 15) is 19.2 Å². The average Bonchev–Trinajstić information content (AvgIpc) is 3.91. The molecule has 0 spiro atoms. The first kappa shape index (κ1) is 45.2. The van der Waals surface area contributed by atoms with E-state index in [1.54, 1.807) is 0 Å². The molecule has 3 aromatic carbocycles. The van der Waals surface area contributed by atoms with Gasteiger partial charge in [0.1, 0.15) is 29.5 Å². The van der Waals surface area contributed by atoms with E-state index in [0.29, 0.717) is 13.0 Å². The Morgan fingerprint density at radius 1 is 0.631 bits per heavy atom. The minimum Gasteiger partial charge on any atom is -0.492 e. The Morgan fingerprint density at radius 3 is 1.65 bits per heavy atom. The van der Waals surface area contributed by atoms with Gasteiger partial charge >= 0.3 is 12.2 Å². The van der Waals surface area contributed by atoms with E-state index in [1.807, 2.05) is 33.8 Å². The van der Waals surface area contributed by atoms with E-state index in [4.69, 9.17) is 24.2 Å². The van der Waals surface area contributed by atoms with Crippen LogP contribution >= 0.6 is 0 Å². The van der Waals surface area contributed by atoms with E-state index in [-0.39, 0.29) is 23.7 Å². The molecule has 2 atom stereocenters. The third kappa shape index (κ3) is 9.41. The Bertz CT molecular complexity index is 2530. The van der Waals surface area contributed by atoms with E-state index >= 15 is 0 Å². The molecule has 2 saturated carbocycles. The second-order valence-electron chi connectivity index (χ2n) is 18.6. The van der Waals surface area contributed by atoms with Gasteiger partial charge in [0.15, 0.2) is 0 Å². The van der Waals surface area contributed by atoms with Gasteiger partial charge in [-0.3, -0.25) is 9.59 Å². The summed E-state index contributed by atoms with van der Waals surface area (Å²) in [6.45, 7) is 8.06. The van der Waals surface area contributed by atoms with Crippen molar-refractivity contribution in [3.05, 3.63) is 78.0 Å². The van der Waals surface area contributed by atoms with Gasteiger partial charge in [-0.15, -0.1) is 0 Å². The summed E-state index contributed by atoms with van der Waals surface area (Å²) < 4.78 is 16.0. The number of aromatic nitrogens is 4. The Kier molecular flexibility index (Phi) is 13.2. The molecule has 8 rings (SSSR count). The van der Waals surface area contributed by atoms with Crippen LogP contribution in [0.5, 0.6) is 5.75 Å². The molecule has 4 amide bonds. The SMILES string of the molecule is COC(=O)NC(C(=O)NC1(c2nc3c([nH]2)CCOc2cc(-c4ccc(-c5ccc6nc(C7(NC(=O)[C@@H](NC(=O)OC)C(C)C)CCCCC7)[nH]c6c5)cc4)ccc2-3)CCCCC1)C(C)C. The lowest BCUT2D eigenvalue weighted by Crippen LogP contribution is -2.56. The number of methoxy groups -OCH3 is 2. The molecule has 0 bridgehead atoms. The van der Waals surface area contributed by atoms with Gasteiger partial charge < -0.3 is 45.4 Å². The van der Waals surface area contributed by atoms with Gasteiger partial charge in [-0.25, -0.2) is 19.6 Å². The van der Waals surface area contributed by atoms with Crippen LogP contribution in [0.25, 0.3) is 44.5 Å². The van der Waals surface area contributed by atoms with Gasteiger partial charge in [-0.1, -0.05) is 103 Å². The van der Waals surface area contributed by atoms with Crippen LogP contribution in [-0.4, -0.2) is 76.8 Å². The van der Waals surface area contributed by atoms with Crippen LogP contribution in [0.15, 0.2) is 60.7 Å². The second kappa shape index (κ2) is 19.0. The zero-order valence-electron chi connectivity index (χ0n) is 38.3. The lowest BCUT2D eigenvalue weighted by molar-refractivity contribution is -0.127. The van der Waals surface area contributed by atoms with Crippen LogP contribution in [0.1, 0.15) is 109 Å². The summed E-state index contributed by atoms with van der Waals surface area (Å²) in [5.41, 5.74) is 7.13. The fraction of sp³-hybridized carbons (Fsp3) is 0.480. The highest BCUT2D eigenvalue weighted by atomic mass is 16.5. The number of imidazole rings is 2. The first-order chi connectivity index (χ1) is 31.3. The van der Waals surface area contributed by atoms with Gasteiger partial charge in [0.05, 0.1) is 48.6 Å². The summed E-state index contributed by atoms with van der Waals surface area (Å²) in [4.78, 5) is 69.2. The van der Waals surface area contributed by atoms with Crippen LogP contribution in [0, 0.1) is 11.8 Å². The van der Waals surface area contributed by atoms with E-state index in [0.717, 1.165) is 132 Å². The van der Waals surface area contributed by atoms with Gasteiger partial charge in [0.25, 0.3) is 0 Å². The number of amides is 4. The Morgan fingerprint density at radius 2 is 1.12 bits per heavy atom. The van der Waals surface area contributed by atoms with Gasteiger partial charge in [-0.2, -0.15) is 0 Å². The normalized spacial score (nSPS) is 17.4. The number of alkyl carbamates (subject to hydrolysis) is 2. The molecule has 6 N–H and O–H groups in total. The minimum absolute atomic E-state index is 0.143. The standard InChI is InChI=1S/C50H62N8O7/c1-29(2)40(55-47(61)63-5)43(59)57-49(22-9-7-10-23-49)45-51-36-20-18-33(27-38(36)53-45)31-13-15-32(16-14-31)34-17-19-35-39(28-34)65-26-21-37-42(35)54-46(52-37)50(24-11-8-12-25-50)58-44(60)41(30(3)4)56-48(62)64-6/h13-20,27-30,40-41H,7-12,21-26H2,1-6H3,(H,51,53)(H,52,54)(H,55,61)(H,56,62)(H,57,59)(H,58,60)/t40-,41?/m0/s1. The molecule has 65 heavy (non-hydrogen) atoms. The number of aromatic amines is 2. The molecule has 2 aromatic heterocycles. The number of fused-ring (bicyclic) bond motifs is 4. The summed E-state index contributed by atoms with van der Waals surface area (Å²) in [6.07, 6.45) is 8.27. The monoisotopic (exact) mass is 886 g/mol. The van der Waals surface area contributed by atoms with Crippen LogP contribution in [-0.2, 0) is 36.6 Å². The highest BCUT2D eigenvalue weighted by Crippen LogP contribution is 2.42. The molecule has 344 valence electrons. The Balaban J connectivity index is 1.02. The fourth-order valence-electron chi connectivity index (χ4n) is 9.81. The topological polar surface area (TPSA) is 201 Å². The molecule has 2 aliphatic carbocycles. The molecule has 2 fully saturated rings. The van der Waals surface area contributed by atoms with Crippen molar-refractivity contribution in [3.8, 4) is 39.3 Å².